The van der Waals surface area contributed by atoms with Gasteiger partial charge in [-0.2, -0.15) is 5.10 Å². The fraction of sp³-hybridized carbons (Fsp3) is 0.786. The van der Waals surface area contributed by atoms with Crippen LogP contribution in [0.2, 0.25) is 0 Å². The van der Waals surface area contributed by atoms with Gasteiger partial charge in [-0.25, -0.2) is 0 Å². The van der Waals surface area contributed by atoms with E-state index in [9.17, 15) is 0 Å². The first kappa shape index (κ1) is 15.2. The second kappa shape index (κ2) is 6.90. The number of rotatable bonds is 8. The summed E-state index contributed by atoms with van der Waals surface area (Å²) in [6, 6.07) is 0.430. The summed E-state index contributed by atoms with van der Waals surface area (Å²) >= 11 is 0. The highest BCUT2D eigenvalue weighted by molar-refractivity contribution is 5.06. The zero-order valence-electron chi connectivity index (χ0n) is 12.4. The number of nitrogens with zero attached hydrogens (tertiary/aromatic N) is 2. The van der Waals surface area contributed by atoms with Gasteiger partial charge in [0.15, 0.2) is 0 Å². The van der Waals surface area contributed by atoms with Gasteiger partial charge in [-0.05, 0) is 45.7 Å². The third kappa shape index (κ3) is 4.78. The van der Waals surface area contributed by atoms with E-state index in [0.717, 1.165) is 25.9 Å². The van der Waals surface area contributed by atoms with Crippen LogP contribution in [0.3, 0.4) is 0 Å². The van der Waals surface area contributed by atoms with E-state index in [1.807, 2.05) is 10.9 Å². The molecule has 0 amide bonds. The number of methoxy groups -OCH3 is 1. The summed E-state index contributed by atoms with van der Waals surface area (Å²) < 4.78 is 7.49. The van der Waals surface area contributed by atoms with E-state index in [1.54, 1.807) is 7.11 Å². The Balaban J connectivity index is 2.62. The average molecular weight is 253 g/mol. The maximum atomic E-state index is 5.52. The molecule has 0 aliphatic heterocycles. The SMILES string of the molecule is CCNC(Cc1cnn(CC)c1)CC(C)(C)OC. The van der Waals surface area contributed by atoms with E-state index in [4.69, 9.17) is 4.74 Å². The Morgan fingerprint density at radius 1 is 1.44 bits per heavy atom. The molecule has 0 saturated carbocycles. The first-order chi connectivity index (χ1) is 8.50. The van der Waals surface area contributed by atoms with Gasteiger partial charge >= 0.3 is 0 Å². The van der Waals surface area contributed by atoms with E-state index in [0.29, 0.717) is 6.04 Å². The zero-order valence-corrected chi connectivity index (χ0v) is 12.4. The molecule has 0 aliphatic rings. The normalized spacial score (nSPS) is 13.8. The molecule has 104 valence electrons. The minimum atomic E-state index is -0.0897. The minimum Gasteiger partial charge on any atom is -0.379 e. The second-order valence-corrected chi connectivity index (χ2v) is 5.33. The summed E-state index contributed by atoms with van der Waals surface area (Å²) in [5.74, 6) is 0. The van der Waals surface area contributed by atoms with Crippen LogP contribution < -0.4 is 5.32 Å². The van der Waals surface area contributed by atoms with Crippen LogP contribution in [0.4, 0.5) is 0 Å². The van der Waals surface area contributed by atoms with E-state index in [-0.39, 0.29) is 5.60 Å². The molecule has 0 saturated heterocycles. The topological polar surface area (TPSA) is 39.1 Å². The van der Waals surface area contributed by atoms with Crippen LogP contribution in [-0.4, -0.2) is 35.1 Å². The lowest BCUT2D eigenvalue weighted by Gasteiger charge is -2.28. The second-order valence-electron chi connectivity index (χ2n) is 5.33. The molecule has 1 atom stereocenters. The average Bonchev–Trinajstić information content (AvgIpc) is 2.76. The van der Waals surface area contributed by atoms with E-state index < -0.39 is 0 Å². The standard InChI is InChI=1S/C14H27N3O/c1-6-15-13(9-14(3,4)18-5)8-12-10-16-17(7-2)11-12/h10-11,13,15H,6-9H2,1-5H3. The van der Waals surface area contributed by atoms with Crippen LogP contribution in [0.15, 0.2) is 12.4 Å². The molecule has 1 unspecified atom stereocenters. The summed E-state index contributed by atoms with van der Waals surface area (Å²) in [6.07, 6.45) is 6.09. The molecule has 1 N–H and O–H groups in total. The van der Waals surface area contributed by atoms with Gasteiger partial charge in [0, 0.05) is 25.9 Å². The molecule has 0 aliphatic carbocycles. The van der Waals surface area contributed by atoms with Crippen molar-refractivity contribution in [2.75, 3.05) is 13.7 Å². The molecule has 0 bridgehead atoms. The summed E-state index contributed by atoms with van der Waals surface area (Å²) in [6.45, 7) is 10.4. The van der Waals surface area contributed by atoms with Gasteiger partial charge in [0.05, 0.1) is 11.8 Å². The van der Waals surface area contributed by atoms with Crippen molar-refractivity contribution in [2.24, 2.45) is 0 Å². The highest BCUT2D eigenvalue weighted by atomic mass is 16.5. The number of nitrogens with one attached hydrogen (secondary N) is 1. The van der Waals surface area contributed by atoms with Gasteiger partial charge in [0.1, 0.15) is 0 Å². The third-order valence-electron chi connectivity index (χ3n) is 3.28. The maximum Gasteiger partial charge on any atom is 0.0637 e. The predicted molar refractivity (Wildman–Crippen MR) is 74.8 cm³/mol. The number of aryl methyl sites for hydroxylation is 1. The lowest BCUT2D eigenvalue weighted by molar-refractivity contribution is 0.00726. The fourth-order valence-electron chi connectivity index (χ4n) is 2.15. The maximum absolute atomic E-state index is 5.52. The zero-order chi connectivity index (χ0) is 13.6. The molecular formula is C14H27N3O. The molecule has 0 fully saturated rings. The summed E-state index contributed by atoms with van der Waals surface area (Å²) in [5.41, 5.74) is 1.20. The number of hydrogen-bond donors (Lipinski definition) is 1. The minimum absolute atomic E-state index is 0.0897. The molecule has 4 heteroatoms. The third-order valence-corrected chi connectivity index (χ3v) is 3.28. The van der Waals surface area contributed by atoms with Crippen molar-refractivity contribution in [3.05, 3.63) is 18.0 Å². The highest BCUT2D eigenvalue weighted by Crippen LogP contribution is 2.18. The molecule has 1 aromatic rings. The van der Waals surface area contributed by atoms with Crippen molar-refractivity contribution in [1.29, 1.82) is 0 Å². The summed E-state index contributed by atoms with van der Waals surface area (Å²) in [5, 5.41) is 7.85. The lowest BCUT2D eigenvalue weighted by atomic mass is 9.95. The number of aromatic nitrogens is 2. The number of ether oxygens (including phenoxy) is 1. The Bertz CT molecular complexity index is 347. The molecule has 1 aromatic heterocycles. The molecule has 4 nitrogen and oxygen atoms in total. The van der Waals surface area contributed by atoms with Crippen LogP contribution in [0.1, 0.15) is 39.7 Å². The Hall–Kier alpha value is -0.870. The van der Waals surface area contributed by atoms with Crippen molar-refractivity contribution in [3.63, 3.8) is 0 Å². The largest absolute Gasteiger partial charge is 0.379 e. The molecule has 18 heavy (non-hydrogen) atoms. The highest BCUT2D eigenvalue weighted by Gasteiger charge is 2.22. The summed E-state index contributed by atoms with van der Waals surface area (Å²) in [4.78, 5) is 0. The predicted octanol–water partition coefficient (Wildman–Crippen LogP) is 2.24. The van der Waals surface area contributed by atoms with E-state index >= 15 is 0 Å². The van der Waals surface area contributed by atoms with Crippen LogP contribution in [0, 0.1) is 0 Å². The first-order valence-corrected chi connectivity index (χ1v) is 6.80. The Morgan fingerprint density at radius 3 is 2.67 bits per heavy atom. The molecule has 0 radical (unpaired) electrons. The lowest BCUT2D eigenvalue weighted by Crippen LogP contribution is -2.38. The van der Waals surface area contributed by atoms with Crippen molar-refractivity contribution in [2.45, 2.75) is 58.7 Å². The smallest absolute Gasteiger partial charge is 0.0637 e. The van der Waals surface area contributed by atoms with Crippen LogP contribution in [-0.2, 0) is 17.7 Å². The van der Waals surface area contributed by atoms with Crippen LogP contribution in [0.5, 0.6) is 0 Å². The van der Waals surface area contributed by atoms with Crippen LogP contribution in [0.25, 0.3) is 0 Å². The quantitative estimate of drug-likeness (QED) is 0.772. The van der Waals surface area contributed by atoms with E-state index in [1.165, 1.54) is 5.56 Å². The van der Waals surface area contributed by atoms with Gasteiger partial charge in [0.25, 0.3) is 0 Å². The number of hydrogen-bond acceptors (Lipinski definition) is 3. The van der Waals surface area contributed by atoms with Crippen LogP contribution >= 0.6 is 0 Å². The molecule has 1 rings (SSSR count). The van der Waals surface area contributed by atoms with Gasteiger partial charge in [-0.1, -0.05) is 6.92 Å². The van der Waals surface area contributed by atoms with Gasteiger partial charge < -0.3 is 10.1 Å². The number of likely N-dealkylation sites (N-methyl/N-ethyl adjacent to an activating group) is 1. The molecule has 0 aromatic carbocycles. The fourth-order valence-corrected chi connectivity index (χ4v) is 2.15. The summed E-state index contributed by atoms with van der Waals surface area (Å²) in [7, 11) is 1.78. The molecular weight excluding hydrogens is 226 g/mol. The van der Waals surface area contributed by atoms with Gasteiger partial charge in [-0.15, -0.1) is 0 Å². The first-order valence-electron chi connectivity index (χ1n) is 6.80. The Labute approximate surface area is 111 Å². The van der Waals surface area contributed by atoms with Crippen molar-refractivity contribution >= 4 is 0 Å². The molecule has 1 heterocycles. The van der Waals surface area contributed by atoms with Crippen molar-refractivity contribution in [3.8, 4) is 0 Å². The van der Waals surface area contributed by atoms with Gasteiger partial charge in [0.2, 0.25) is 0 Å². The Kier molecular flexibility index (Phi) is 5.82. The van der Waals surface area contributed by atoms with Crippen molar-refractivity contribution < 1.29 is 4.74 Å². The van der Waals surface area contributed by atoms with Gasteiger partial charge in [-0.3, -0.25) is 4.68 Å². The van der Waals surface area contributed by atoms with Crippen molar-refractivity contribution in [1.82, 2.24) is 15.1 Å². The monoisotopic (exact) mass is 253 g/mol. The molecule has 0 spiro atoms. The Morgan fingerprint density at radius 2 is 2.17 bits per heavy atom. The van der Waals surface area contributed by atoms with E-state index in [2.05, 4.69) is 44.3 Å².